The van der Waals surface area contributed by atoms with Crippen molar-refractivity contribution in [3.63, 3.8) is 0 Å². The minimum absolute atomic E-state index is 0.0753. The molecule has 0 amide bonds. The van der Waals surface area contributed by atoms with E-state index in [1.807, 2.05) is 4.57 Å². The van der Waals surface area contributed by atoms with Crippen LogP contribution in [0.15, 0.2) is 24.5 Å². The molecule has 0 unspecified atom stereocenters. The molecule has 3 aromatic rings. The molecule has 0 spiro atoms. The second-order valence-electron chi connectivity index (χ2n) is 7.33. The predicted molar refractivity (Wildman–Crippen MR) is 91.1 cm³/mol. The van der Waals surface area contributed by atoms with E-state index < -0.39 is 23.1 Å². The van der Waals surface area contributed by atoms with Crippen molar-refractivity contribution < 1.29 is 23.4 Å². The van der Waals surface area contributed by atoms with Crippen LogP contribution in [0.1, 0.15) is 36.9 Å². The molecule has 27 heavy (non-hydrogen) atoms. The number of halogens is 3. The van der Waals surface area contributed by atoms with Gasteiger partial charge in [-0.1, -0.05) is 0 Å². The van der Waals surface area contributed by atoms with E-state index in [-0.39, 0.29) is 22.9 Å². The molecule has 2 heterocycles. The van der Waals surface area contributed by atoms with E-state index in [0.29, 0.717) is 30.1 Å². The van der Waals surface area contributed by atoms with Crippen LogP contribution in [0.2, 0.25) is 0 Å². The van der Waals surface area contributed by atoms with Crippen molar-refractivity contribution in [2.75, 3.05) is 0 Å². The van der Waals surface area contributed by atoms with Gasteiger partial charge in [0.25, 0.3) is 0 Å². The summed E-state index contributed by atoms with van der Waals surface area (Å²) in [6.07, 6.45) is -1.76. The van der Waals surface area contributed by atoms with Gasteiger partial charge in [0.15, 0.2) is 5.65 Å². The summed E-state index contributed by atoms with van der Waals surface area (Å²) in [7, 11) is 0. The number of hydrogen-bond donors (Lipinski definition) is 2. The Bertz CT molecular complexity index is 1010. The van der Waals surface area contributed by atoms with E-state index in [0.717, 1.165) is 6.07 Å². The van der Waals surface area contributed by atoms with Crippen molar-refractivity contribution in [3.05, 3.63) is 35.7 Å². The number of fused-ring (bicyclic) bond motifs is 1. The Kier molecular flexibility index (Phi) is 3.71. The summed E-state index contributed by atoms with van der Waals surface area (Å²) in [5, 5.41) is 28.3. The zero-order valence-corrected chi connectivity index (χ0v) is 14.6. The van der Waals surface area contributed by atoms with Gasteiger partial charge >= 0.3 is 6.18 Å². The number of nitrogens with zero attached hydrogens (tertiary/aromatic N) is 4. The fraction of sp³-hybridized carbons (Fsp3) is 0.389. The molecule has 0 radical (unpaired) electrons. The molecule has 1 saturated carbocycles. The van der Waals surface area contributed by atoms with Crippen LogP contribution in [0.3, 0.4) is 0 Å². The minimum Gasteiger partial charge on any atom is -0.507 e. The number of aromatic nitrogens is 4. The highest BCUT2D eigenvalue weighted by atomic mass is 19.4. The summed E-state index contributed by atoms with van der Waals surface area (Å²) in [6, 6.07) is 3.32. The maximum absolute atomic E-state index is 12.9. The Hall–Kier alpha value is -2.68. The normalized spacial score (nSPS) is 22.8. The lowest BCUT2D eigenvalue weighted by atomic mass is 9.77. The molecule has 0 bridgehead atoms. The first kappa shape index (κ1) is 17.7. The highest BCUT2D eigenvalue weighted by Crippen LogP contribution is 2.42. The third kappa shape index (κ3) is 3.01. The predicted octanol–water partition coefficient (Wildman–Crippen LogP) is 3.61. The molecule has 1 aliphatic rings. The Morgan fingerprint density at radius 1 is 1.19 bits per heavy atom. The van der Waals surface area contributed by atoms with Crippen LogP contribution in [0.25, 0.3) is 22.4 Å². The molecule has 2 N–H and O–H groups in total. The van der Waals surface area contributed by atoms with Crippen molar-refractivity contribution in [2.24, 2.45) is 0 Å². The number of aliphatic hydroxyl groups is 1. The molecule has 142 valence electrons. The summed E-state index contributed by atoms with van der Waals surface area (Å²) in [4.78, 5) is 4.29. The third-order valence-electron chi connectivity index (χ3n) is 4.96. The van der Waals surface area contributed by atoms with Crippen LogP contribution in [0.4, 0.5) is 13.2 Å². The van der Waals surface area contributed by atoms with Crippen LogP contribution in [0, 0.1) is 6.92 Å². The highest BCUT2D eigenvalue weighted by molar-refractivity contribution is 5.79. The summed E-state index contributed by atoms with van der Waals surface area (Å²) in [6.45, 7) is 3.24. The van der Waals surface area contributed by atoms with E-state index in [4.69, 9.17) is 0 Å². The average molecular weight is 378 g/mol. The maximum atomic E-state index is 12.9. The number of phenolic OH excluding ortho intramolecular Hbond substituents is 1. The minimum atomic E-state index is -4.54. The lowest BCUT2D eigenvalue weighted by molar-refractivity contribution is -0.137. The Morgan fingerprint density at radius 3 is 2.48 bits per heavy atom. The number of aryl methyl sites for hydroxylation is 1. The number of imidazole rings is 1. The summed E-state index contributed by atoms with van der Waals surface area (Å²) >= 11 is 0. The fourth-order valence-electron chi connectivity index (χ4n) is 3.64. The molecule has 1 aliphatic carbocycles. The van der Waals surface area contributed by atoms with Gasteiger partial charge in [-0.15, -0.1) is 10.2 Å². The zero-order valence-electron chi connectivity index (χ0n) is 14.6. The van der Waals surface area contributed by atoms with E-state index >= 15 is 0 Å². The zero-order chi connectivity index (χ0) is 19.6. The van der Waals surface area contributed by atoms with Gasteiger partial charge in [0.1, 0.15) is 11.3 Å². The Labute approximate surface area is 152 Å². The lowest BCUT2D eigenvalue weighted by Gasteiger charge is -2.41. The van der Waals surface area contributed by atoms with Gasteiger partial charge in [-0.2, -0.15) is 13.2 Å². The van der Waals surface area contributed by atoms with Gasteiger partial charge in [-0.25, -0.2) is 4.98 Å². The van der Waals surface area contributed by atoms with Crippen LogP contribution in [0.5, 0.6) is 5.75 Å². The van der Waals surface area contributed by atoms with E-state index in [1.165, 1.54) is 6.92 Å². The number of benzene rings is 1. The van der Waals surface area contributed by atoms with Crippen molar-refractivity contribution in [2.45, 2.75) is 44.5 Å². The summed E-state index contributed by atoms with van der Waals surface area (Å²) < 4.78 is 40.5. The van der Waals surface area contributed by atoms with Crippen LogP contribution in [-0.2, 0) is 6.18 Å². The van der Waals surface area contributed by atoms with Gasteiger partial charge in [0, 0.05) is 11.6 Å². The maximum Gasteiger partial charge on any atom is 0.416 e. The summed E-state index contributed by atoms with van der Waals surface area (Å²) in [5.74, 6) is -0.509. The molecule has 0 saturated heterocycles. The Morgan fingerprint density at radius 2 is 1.89 bits per heavy atom. The topological polar surface area (TPSA) is 84.1 Å². The van der Waals surface area contributed by atoms with Crippen LogP contribution in [-0.4, -0.2) is 35.6 Å². The molecule has 4 rings (SSSR count). The average Bonchev–Trinajstić information content (AvgIpc) is 2.94. The van der Waals surface area contributed by atoms with E-state index in [9.17, 15) is 23.4 Å². The first-order chi connectivity index (χ1) is 12.5. The molecule has 9 heteroatoms. The number of aromatic hydroxyl groups is 1. The second kappa shape index (κ2) is 5.66. The molecular formula is C18H17F3N4O2. The molecular weight excluding hydrogens is 361 g/mol. The second-order valence-corrected chi connectivity index (χ2v) is 7.33. The first-order valence-electron chi connectivity index (χ1n) is 8.39. The van der Waals surface area contributed by atoms with Crippen LogP contribution < -0.4 is 0 Å². The highest BCUT2D eigenvalue weighted by Gasteiger charge is 2.40. The van der Waals surface area contributed by atoms with Gasteiger partial charge in [-0.3, -0.25) is 0 Å². The molecule has 2 aromatic heterocycles. The molecule has 1 fully saturated rings. The number of phenols is 1. The van der Waals surface area contributed by atoms with Gasteiger partial charge in [0.2, 0.25) is 0 Å². The molecule has 0 atom stereocenters. The van der Waals surface area contributed by atoms with E-state index in [2.05, 4.69) is 15.2 Å². The number of hydrogen-bond acceptors (Lipinski definition) is 5. The molecule has 1 aromatic carbocycles. The van der Waals surface area contributed by atoms with Gasteiger partial charge in [0.05, 0.1) is 23.2 Å². The summed E-state index contributed by atoms with van der Waals surface area (Å²) in [5.41, 5.74) is 0.115. The lowest BCUT2D eigenvalue weighted by Crippen LogP contribution is -2.41. The van der Waals surface area contributed by atoms with Gasteiger partial charge < -0.3 is 14.8 Å². The molecule has 6 nitrogen and oxygen atoms in total. The Balaban J connectivity index is 1.73. The van der Waals surface area contributed by atoms with E-state index in [1.54, 1.807) is 19.3 Å². The van der Waals surface area contributed by atoms with Crippen LogP contribution >= 0.6 is 0 Å². The number of rotatable bonds is 2. The fourth-order valence-corrected chi connectivity index (χ4v) is 3.64. The SMILES string of the molecule is Cc1cc(C(F)(F)F)cc(O)c1-c1cc2ncn(C3CC(C)(O)C3)c2nn1. The first-order valence-corrected chi connectivity index (χ1v) is 8.39. The van der Waals surface area contributed by atoms with Gasteiger partial charge in [-0.05, 0) is 50.5 Å². The standard InChI is InChI=1S/C18H17F3N4O2/c1-9-3-10(18(19,20)21)4-14(26)15(9)12-5-13-16(24-23-12)25(8-22-13)11-6-17(2,27)7-11/h3-5,8,11,26-27H,6-7H2,1-2H3. The largest absolute Gasteiger partial charge is 0.507 e. The van der Waals surface area contributed by atoms with Crippen molar-refractivity contribution in [1.82, 2.24) is 19.7 Å². The van der Waals surface area contributed by atoms with Crippen molar-refractivity contribution in [3.8, 4) is 17.0 Å². The van der Waals surface area contributed by atoms with Crippen molar-refractivity contribution >= 4 is 11.2 Å². The monoisotopic (exact) mass is 378 g/mol. The number of alkyl halides is 3. The van der Waals surface area contributed by atoms with Crippen molar-refractivity contribution in [1.29, 1.82) is 0 Å². The smallest absolute Gasteiger partial charge is 0.416 e. The third-order valence-corrected chi connectivity index (χ3v) is 4.96. The molecule has 0 aliphatic heterocycles. The quantitative estimate of drug-likeness (QED) is 0.712.